The number of nitrogens with one attached hydrogen (secondary N) is 1. The highest BCUT2D eigenvalue weighted by molar-refractivity contribution is 5.77. The smallest absolute Gasteiger partial charge is 0.248 e. The largest absolute Gasteiger partial charge is 0.377 e. The van der Waals surface area contributed by atoms with E-state index in [4.69, 9.17) is 21.1 Å². The van der Waals surface area contributed by atoms with Gasteiger partial charge in [0.1, 0.15) is 13.2 Å². The summed E-state index contributed by atoms with van der Waals surface area (Å²) in [5.41, 5.74) is 4.84. The van der Waals surface area contributed by atoms with Gasteiger partial charge in [-0.25, -0.2) is 5.90 Å². The molecule has 0 aromatic heterocycles. The first-order valence-electron chi connectivity index (χ1n) is 4.69. The summed E-state index contributed by atoms with van der Waals surface area (Å²) in [5.74, 6) is 3.86. The SMILES string of the molecule is NOCC(=O)NCCOCCOCC(N)=O. The summed E-state index contributed by atoms with van der Waals surface area (Å²) in [6.07, 6.45) is 0. The van der Waals surface area contributed by atoms with Gasteiger partial charge >= 0.3 is 0 Å². The molecule has 94 valence electrons. The molecule has 0 aromatic rings. The highest BCUT2D eigenvalue weighted by atomic mass is 16.6. The molecule has 0 heterocycles. The Morgan fingerprint density at radius 3 is 2.38 bits per heavy atom. The van der Waals surface area contributed by atoms with E-state index in [0.717, 1.165) is 0 Å². The molecule has 0 atom stereocenters. The van der Waals surface area contributed by atoms with Crippen LogP contribution in [0.25, 0.3) is 0 Å². The van der Waals surface area contributed by atoms with Crippen molar-refractivity contribution >= 4 is 11.8 Å². The molecule has 8 heteroatoms. The summed E-state index contributed by atoms with van der Waals surface area (Å²) in [6, 6.07) is 0. The summed E-state index contributed by atoms with van der Waals surface area (Å²) in [6.45, 7) is 1.02. The van der Waals surface area contributed by atoms with Gasteiger partial charge in [0.15, 0.2) is 0 Å². The Kier molecular flexibility index (Phi) is 9.52. The van der Waals surface area contributed by atoms with Crippen molar-refractivity contribution < 1.29 is 23.9 Å². The Bertz CT molecular complexity index is 212. The van der Waals surface area contributed by atoms with E-state index in [1.54, 1.807) is 0 Å². The molecule has 0 radical (unpaired) electrons. The van der Waals surface area contributed by atoms with Crippen LogP contribution in [0.3, 0.4) is 0 Å². The first-order chi connectivity index (χ1) is 7.66. The number of primary amides is 1. The molecule has 5 N–H and O–H groups in total. The van der Waals surface area contributed by atoms with Crippen molar-refractivity contribution in [3.63, 3.8) is 0 Å². The summed E-state index contributed by atoms with van der Waals surface area (Å²) < 4.78 is 9.92. The van der Waals surface area contributed by atoms with Gasteiger partial charge in [0.05, 0.1) is 19.8 Å². The van der Waals surface area contributed by atoms with E-state index in [1.807, 2.05) is 0 Å². The van der Waals surface area contributed by atoms with Crippen LogP contribution >= 0.6 is 0 Å². The van der Waals surface area contributed by atoms with Crippen LogP contribution in [-0.4, -0.2) is 51.4 Å². The van der Waals surface area contributed by atoms with E-state index in [2.05, 4.69) is 10.2 Å². The lowest BCUT2D eigenvalue weighted by molar-refractivity contribution is -0.126. The second-order valence-electron chi connectivity index (χ2n) is 2.79. The fourth-order valence-corrected chi connectivity index (χ4v) is 0.782. The van der Waals surface area contributed by atoms with E-state index in [-0.39, 0.29) is 25.7 Å². The minimum absolute atomic E-state index is 0.117. The number of rotatable bonds is 10. The van der Waals surface area contributed by atoms with Crippen molar-refractivity contribution in [1.82, 2.24) is 5.32 Å². The zero-order valence-electron chi connectivity index (χ0n) is 8.94. The van der Waals surface area contributed by atoms with Crippen molar-refractivity contribution in [1.29, 1.82) is 0 Å². The Balaban J connectivity index is 3.09. The molecule has 0 spiro atoms. The van der Waals surface area contributed by atoms with E-state index in [9.17, 15) is 9.59 Å². The molecular weight excluding hydrogens is 218 g/mol. The Morgan fingerprint density at radius 1 is 1.06 bits per heavy atom. The summed E-state index contributed by atoms with van der Waals surface area (Å²) in [5, 5.41) is 2.51. The molecule has 0 aliphatic rings. The first-order valence-corrected chi connectivity index (χ1v) is 4.69. The standard InChI is InChI=1S/C8H17N3O5/c9-7(12)5-15-4-3-14-2-1-11-8(13)6-16-10/h1-6,10H2,(H2,9,12)(H,11,13). The van der Waals surface area contributed by atoms with E-state index >= 15 is 0 Å². The molecule has 0 aliphatic carbocycles. The van der Waals surface area contributed by atoms with Crippen LogP contribution in [0, 0.1) is 0 Å². The molecular formula is C8H17N3O5. The molecule has 0 saturated carbocycles. The number of nitrogens with two attached hydrogens (primary N) is 2. The number of hydrogen-bond acceptors (Lipinski definition) is 6. The normalized spacial score (nSPS) is 10.1. The number of amides is 2. The van der Waals surface area contributed by atoms with Crippen LogP contribution in [0.5, 0.6) is 0 Å². The predicted octanol–water partition coefficient (Wildman–Crippen LogP) is -2.49. The fraction of sp³-hybridized carbons (Fsp3) is 0.750. The molecule has 0 rings (SSSR count). The highest BCUT2D eigenvalue weighted by Gasteiger charge is 1.98. The molecule has 16 heavy (non-hydrogen) atoms. The third kappa shape index (κ3) is 10.9. The minimum atomic E-state index is -0.519. The van der Waals surface area contributed by atoms with Gasteiger partial charge in [0.25, 0.3) is 0 Å². The molecule has 8 nitrogen and oxygen atoms in total. The summed E-state index contributed by atoms with van der Waals surface area (Å²) >= 11 is 0. The van der Waals surface area contributed by atoms with Gasteiger partial charge in [-0.1, -0.05) is 0 Å². The van der Waals surface area contributed by atoms with Crippen molar-refractivity contribution in [3.8, 4) is 0 Å². The van der Waals surface area contributed by atoms with Crippen LogP contribution < -0.4 is 16.9 Å². The van der Waals surface area contributed by atoms with Gasteiger partial charge in [-0.3, -0.25) is 14.4 Å². The second kappa shape index (κ2) is 10.3. The van der Waals surface area contributed by atoms with E-state index in [1.165, 1.54) is 0 Å². The van der Waals surface area contributed by atoms with Gasteiger partial charge in [-0.15, -0.1) is 0 Å². The van der Waals surface area contributed by atoms with Crippen LogP contribution in [0.15, 0.2) is 0 Å². The van der Waals surface area contributed by atoms with Gasteiger partial charge < -0.3 is 20.5 Å². The van der Waals surface area contributed by atoms with Crippen LogP contribution in [0.4, 0.5) is 0 Å². The fourth-order valence-electron chi connectivity index (χ4n) is 0.782. The number of carbonyl (C=O) groups is 2. The Hall–Kier alpha value is -1.22. The summed E-state index contributed by atoms with van der Waals surface area (Å²) in [4.78, 5) is 25.2. The van der Waals surface area contributed by atoms with Gasteiger partial charge in [0, 0.05) is 6.54 Å². The minimum Gasteiger partial charge on any atom is -0.377 e. The average molecular weight is 235 g/mol. The molecule has 0 bridgehead atoms. The number of hydrogen-bond donors (Lipinski definition) is 3. The Morgan fingerprint density at radius 2 is 1.75 bits per heavy atom. The molecule has 2 amide bonds. The second-order valence-corrected chi connectivity index (χ2v) is 2.79. The monoisotopic (exact) mass is 235 g/mol. The molecule has 0 fully saturated rings. The first kappa shape index (κ1) is 14.8. The van der Waals surface area contributed by atoms with Crippen molar-refractivity contribution in [2.75, 3.05) is 39.6 Å². The lowest BCUT2D eigenvalue weighted by Crippen LogP contribution is -2.31. The van der Waals surface area contributed by atoms with Crippen molar-refractivity contribution in [2.24, 2.45) is 11.6 Å². The maximum atomic E-state index is 10.8. The van der Waals surface area contributed by atoms with Crippen molar-refractivity contribution in [2.45, 2.75) is 0 Å². The van der Waals surface area contributed by atoms with Crippen LogP contribution in [0.1, 0.15) is 0 Å². The quantitative estimate of drug-likeness (QED) is 0.284. The van der Waals surface area contributed by atoms with Gasteiger partial charge in [0.2, 0.25) is 11.8 Å². The molecule has 0 saturated heterocycles. The molecule has 0 aromatic carbocycles. The maximum absolute atomic E-state index is 10.8. The zero-order chi connectivity index (χ0) is 12.2. The number of carbonyl (C=O) groups excluding carboxylic acids is 2. The lowest BCUT2D eigenvalue weighted by atomic mass is 10.6. The molecule has 0 unspecified atom stereocenters. The lowest BCUT2D eigenvalue weighted by Gasteiger charge is -2.05. The third-order valence-corrected chi connectivity index (χ3v) is 1.40. The van der Waals surface area contributed by atoms with E-state index < -0.39 is 5.91 Å². The van der Waals surface area contributed by atoms with Gasteiger partial charge in [-0.05, 0) is 0 Å². The third-order valence-electron chi connectivity index (χ3n) is 1.40. The van der Waals surface area contributed by atoms with Crippen molar-refractivity contribution in [3.05, 3.63) is 0 Å². The average Bonchev–Trinajstić information content (AvgIpc) is 2.22. The zero-order valence-corrected chi connectivity index (χ0v) is 8.94. The van der Waals surface area contributed by atoms with Crippen LogP contribution in [-0.2, 0) is 23.9 Å². The highest BCUT2D eigenvalue weighted by Crippen LogP contribution is 1.78. The predicted molar refractivity (Wildman–Crippen MR) is 54.0 cm³/mol. The molecule has 0 aliphatic heterocycles. The van der Waals surface area contributed by atoms with Gasteiger partial charge in [-0.2, -0.15) is 0 Å². The number of ether oxygens (including phenoxy) is 2. The Labute approximate surface area is 93.1 Å². The van der Waals surface area contributed by atoms with E-state index in [0.29, 0.717) is 19.8 Å². The topological polar surface area (TPSA) is 126 Å². The maximum Gasteiger partial charge on any atom is 0.248 e. The van der Waals surface area contributed by atoms with Crippen LogP contribution in [0.2, 0.25) is 0 Å². The summed E-state index contributed by atoms with van der Waals surface area (Å²) in [7, 11) is 0.